The number of nitrogens with zero attached hydrogens (tertiary/aromatic N) is 2. The number of thiophene rings is 1. The molecule has 0 unspecified atom stereocenters. The van der Waals surface area contributed by atoms with E-state index in [4.69, 9.17) is 0 Å². The van der Waals surface area contributed by atoms with Crippen LogP contribution in [-0.4, -0.2) is 34.4 Å². The summed E-state index contributed by atoms with van der Waals surface area (Å²) in [5, 5.41) is 2.63. The molecule has 3 rings (SSSR count). The maximum absolute atomic E-state index is 12.5. The molecule has 2 amide bonds. The number of rotatable bonds is 3. The molecule has 6 nitrogen and oxygen atoms in total. The minimum Gasteiger partial charge on any atom is -0.339 e. The number of anilines is 1. The first-order valence-electron chi connectivity index (χ1n) is 7.83. The fourth-order valence-corrected chi connectivity index (χ4v) is 3.52. The van der Waals surface area contributed by atoms with Gasteiger partial charge >= 0.3 is 0 Å². The molecule has 0 saturated carbocycles. The number of nitrogens with one attached hydrogen (secondary N) is 1. The minimum atomic E-state index is -0.338. The molecule has 2 aromatic rings. The van der Waals surface area contributed by atoms with Crippen molar-refractivity contribution in [3.63, 3.8) is 0 Å². The van der Waals surface area contributed by atoms with E-state index in [0.29, 0.717) is 10.4 Å². The summed E-state index contributed by atoms with van der Waals surface area (Å²) in [4.78, 5) is 40.4. The van der Waals surface area contributed by atoms with E-state index in [9.17, 15) is 14.4 Å². The first-order chi connectivity index (χ1) is 11.5. The Bertz CT molecular complexity index is 847. The Morgan fingerprint density at radius 2 is 1.92 bits per heavy atom. The lowest BCUT2D eigenvalue weighted by Crippen LogP contribution is -2.30. The molecule has 3 heterocycles. The summed E-state index contributed by atoms with van der Waals surface area (Å²) < 4.78 is 1.33. The van der Waals surface area contributed by atoms with Crippen LogP contribution in [0, 0.1) is 6.92 Å². The van der Waals surface area contributed by atoms with E-state index in [0.717, 1.165) is 30.8 Å². The van der Waals surface area contributed by atoms with Gasteiger partial charge in [0, 0.05) is 31.2 Å². The third kappa shape index (κ3) is 3.26. The Morgan fingerprint density at radius 3 is 2.54 bits per heavy atom. The third-order valence-corrected chi connectivity index (χ3v) is 5.04. The van der Waals surface area contributed by atoms with Crippen molar-refractivity contribution in [2.75, 3.05) is 18.4 Å². The van der Waals surface area contributed by atoms with Gasteiger partial charge in [-0.15, -0.1) is 11.3 Å². The summed E-state index contributed by atoms with van der Waals surface area (Å²) in [5.41, 5.74) is 0.199. The summed E-state index contributed by atoms with van der Waals surface area (Å²) in [6, 6.07) is 5.05. The van der Waals surface area contributed by atoms with E-state index < -0.39 is 0 Å². The van der Waals surface area contributed by atoms with Gasteiger partial charge in [0.05, 0.1) is 10.4 Å². The van der Waals surface area contributed by atoms with Crippen molar-refractivity contribution in [1.82, 2.24) is 9.47 Å². The second-order valence-electron chi connectivity index (χ2n) is 5.92. The van der Waals surface area contributed by atoms with Gasteiger partial charge in [-0.25, -0.2) is 0 Å². The second-order valence-corrected chi connectivity index (χ2v) is 7.21. The number of pyridine rings is 1. The topological polar surface area (TPSA) is 71.4 Å². The minimum absolute atomic E-state index is 0.106. The molecule has 0 aromatic carbocycles. The predicted molar refractivity (Wildman–Crippen MR) is 93.8 cm³/mol. The van der Waals surface area contributed by atoms with Crippen LogP contribution in [0.3, 0.4) is 0 Å². The molecule has 0 bridgehead atoms. The van der Waals surface area contributed by atoms with Gasteiger partial charge in [-0.05, 0) is 38.0 Å². The predicted octanol–water partition coefficient (Wildman–Crippen LogP) is 2.24. The van der Waals surface area contributed by atoms with Gasteiger partial charge < -0.3 is 14.8 Å². The van der Waals surface area contributed by atoms with Crippen LogP contribution in [-0.2, 0) is 7.05 Å². The molecule has 0 spiro atoms. The normalized spacial score (nSPS) is 14.0. The first-order valence-corrected chi connectivity index (χ1v) is 8.65. The molecule has 1 saturated heterocycles. The van der Waals surface area contributed by atoms with Gasteiger partial charge in [0.1, 0.15) is 5.69 Å². The SMILES string of the molecule is Cc1ccc(C(=O)Nc2cc(C(=O)N3CCCC3)cn(C)c2=O)s1. The summed E-state index contributed by atoms with van der Waals surface area (Å²) in [6.07, 6.45) is 3.52. The molecular weight excluding hydrogens is 326 g/mol. The third-order valence-electron chi connectivity index (χ3n) is 4.04. The number of hydrogen-bond donors (Lipinski definition) is 1. The highest BCUT2D eigenvalue weighted by atomic mass is 32.1. The Morgan fingerprint density at radius 1 is 1.21 bits per heavy atom. The zero-order valence-corrected chi connectivity index (χ0v) is 14.5. The van der Waals surface area contributed by atoms with Gasteiger partial charge in [-0.2, -0.15) is 0 Å². The van der Waals surface area contributed by atoms with Crippen LogP contribution in [0.5, 0.6) is 0 Å². The quantitative estimate of drug-likeness (QED) is 0.927. The molecule has 1 aliphatic heterocycles. The Hall–Kier alpha value is -2.41. The van der Waals surface area contributed by atoms with Crippen molar-refractivity contribution < 1.29 is 9.59 Å². The van der Waals surface area contributed by atoms with E-state index in [-0.39, 0.29) is 23.1 Å². The molecular formula is C17H19N3O3S. The molecule has 2 aromatic heterocycles. The fourth-order valence-electron chi connectivity index (χ4n) is 2.76. The van der Waals surface area contributed by atoms with Gasteiger partial charge in [-0.3, -0.25) is 14.4 Å². The summed E-state index contributed by atoms with van der Waals surface area (Å²) >= 11 is 1.36. The molecule has 126 valence electrons. The average molecular weight is 345 g/mol. The number of aromatic nitrogens is 1. The van der Waals surface area contributed by atoms with E-state index in [2.05, 4.69) is 5.32 Å². The summed E-state index contributed by atoms with van der Waals surface area (Å²) in [5.74, 6) is -0.443. The maximum atomic E-state index is 12.5. The zero-order valence-electron chi connectivity index (χ0n) is 13.7. The molecule has 0 radical (unpaired) electrons. The van der Waals surface area contributed by atoms with Gasteiger partial charge in [0.2, 0.25) is 0 Å². The van der Waals surface area contributed by atoms with Crippen molar-refractivity contribution in [3.8, 4) is 0 Å². The number of amides is 2. The standard InChI is InChI=1S/C17H19N3O3S/c1-11-5-6-14(24-11)15(21)18-13-9-12(10-19(2)17(13)23)16(22)20-7-3-4-8-20/h5-6,9-10H,3-4,7-8H2,1-2H3,(H,18,21). The van der Waals surface area contributed by atoms with Gasteiger partial charge in [0.25, 0.3) is 17.4 Å². The molecule has 0 atom stereocenters. The average Bonchev–Trinajstić information content (AvgIpc) is 3.22. The smallest absolute Gasteiger partial charge is 0.274 e. The van der Waals surface area contributed by atoms with Crippen LogP contribution in [0.4, 0.5) is 5.69 Å². The van der Waals surface area contributed by atoms with Crippen molar-refractivity contribution in [3.05, 3.63) is 50.1 Å². The first kappa shape index (κ1) is 16.4. The van der Waals surface area contributed by atoms with Crippen molar-refractivity contribution in [2.24, 2.45) is 7.05 Å². The maximum Gasteiger partial charge on any atom is 0.274 e. The molecule has 0 aliphatic carbocycles. The lowest BCUT2D eigenvalue weighted by molar-refractivity contribution is 0.0791. The van der Waals surface area contributed by atoms with Crippen LogP contribution >= 0.6 is 11.3 Å². The van der Waals surface area contributed by atoms with Crippen LogP contribution in [0.1, 0.15) is 37.7 Å². The highest BCUT2D eigenvalue weighted by molar-refractivity contribution is 7.14. The van der Waals surface area contributed by atoms with Crippen molar-refractivity contribution in [2.45, 2.75) is 19.8 Å². The van der Waals surface area contributed by atoms with E-state index >= 15 is 0 Å². The van der Waals surface area contributed by atoms with Crippen LogP contribution in [0.2, 0.25) is 0 Å². The number of likely N-dealkylation sites (tertiary alicyclic amines) is 1. The highest BCUT2D eigenvalue weighted by Crippen LogP contribution is 2.18. The molecule has 1 N–H and O–H groups in total. The lowest BCUT2D eigenvalue weighted by atomic mass is 10.2. The largest absolute Gasteiger partial charge is 0.339 e. The van der Waals surface area contributed by atoms with Gasteiger partial charge in [0.15, 0.2) is 0 Å². The Labute approximate surface area is 143 Å². The number of aryl methyl sites for hydroxylation is 2. The monoisotopic (exact) mass is 345 g/mol. The number of carbonyl (C=O) groups is 2. The molecule has 7 heteroatoms. The summed E-state index contributed by atoms with van der Waals surface area (Å²) in [7, 11) is 1.58. The van der Waals surface area contributed by atoms with Crippen LogP contribution < -0.4 is 10.9 Å². The van der Waals surface area contributed by atoms with E-state index in [1.165, 1.54) is 28.2 Å². The Kier molecular flexibility index (Phi) is 4.53. The van der Waals surface area contributed by atoms with Crippen molar-refractivity contribution >= 4 is 28.8 Å². The second kappa shape index (κ2) is 6.60. The number of carbonyl (C=O) groups excluding carboxylic acids is 2. The van der Waals surface area contributed by atoms with Crippen LogP contribution in [0.25, 0.3) is 0 Å². The van der Waals surface area contributed by atoms with E-state index in [1.54, 1.807) is 18.0 Å². The molecule has 1 fully saturated rings. The Balaban J connectivity index is 1.88. The van der Waals surface area contributed by atoms with Crippen LogP contribution in [0.15, 0.2) is 29.2 Å². The molecule has 1 aliphatic rings. The lowest BCUT2D eigenvalue weighted by Gasteiger charge is -2.16. The van der Waals surface area contributed by atoms with Gasteiger partial charge in [-0.1, -0.05) is 0 Å². The fraction of sp³-hybridized carbons (Fsp3) is 0.353. The van der Waals surface area contributed by atoms with Crippen molar-refractivity contribution in [1.29, 1.82) is 0 Å². The highest BCUT2D eigenvalue weighted by Gasteiger charge is 2.21. The molecule has 24 heavy (non-hydrogen) atoms. The zero-order chi connectivity index (χ0) is 17.3. The van der Waals surface area contributed by atoms with E-state index in [1.807, 2.05) is 13.0 Å². The summed E-state index contributed by atoms with van der Waals surface area (Å²) in [6.45, 7) is 3.38. The number of hydrogen-bond acceptors (Lipinski definition) is 4.